The second-order valence-corrected chi connectivity index (χ2v) is 22.8. The smallest absolute Gasteiger partial charge is 0.409 e. The van der Waals surface area contributed by atoms with Gasteiger partial charge in [-0.15, -0.1) is 0 Å². The summed E-state index contributed by atoms with van der Waals surface area (Å²) in [4.78, 5) is 69.3. The number of benzene rings is 1. The lowest BCUT2D eigenvalue weighted by Gasteiger charge is -2.41. The standard InChI is InChI=1S/C43H63ClN4O12S3/c1-24-13-12-14-26(3)43(54)23-31(58-40(53)46-43)27(4)37-42(8,60-37)33(22-35(50)48(11)30-21-29(19-24)20-25(2)36(30)44)59-39(52)28(5)47(10)34(49)15-17-41(6,7)62-61-18-16-32(38(51)45-9)63(55,56)57/h12-14,20-21,26-28,31-33,37,54H,15-19,22-23H2,1-11H3,(H,45,51)(H,46,53)(H,55,56,57)/b14-12+,24-13+. The van der Waals surface area contributed by atoms with E-state index in [2.05, 4.69) is 10.6 Å². The van der Waals surface area contributed by atoms with E-state index in [1.54, 1.807) is 20.9 Å². The molecule has 9 atom stereocenters. The quantitative estimate of drug-likeness (QED) is 0.0607. The fraction of sp³-hybridized carbons (Fsp3) is 0.651. The molecule has 0 aliphatic carbocycles. The van der Waals surface area contributed by atoms with Crippen LogP contribution in [0.5, 0.6) is 0 Å². The molecule has 2 fully saturated rings. The maximum absolute atomic E-state index is 14.2. The molecule has 3 aliphatic rings. The lowest BCUT2D eigenvalue weighted by atomic mass is 9.82. The number of ether oxygens (including phenoxy) is 3. The summed E-state index contributed by atoms with van der Waals surface area (Å²) in [5.74, 6) is -3.14. The van der Waals surface area contributed by atoms with Crippen molar-refractivity contribution in [1.29, 1.82) is 0 Å². The van der Waals surface area contributed by atoms with Crippen molar-refractivity contribution in [3.05, 3.63) is 52.1 Å². The number of carbonyl (C=O) groups excluding carboxylic acids is 5. The van der Waals surface area contributed by atoms with E-state index >= 15 is 0 Å². The van der Waals surface area contributed by atoms with Crippen LogP contribution >= 0.6 is 33.2 Å². The summed E-state index contributed by atoms with van der Waals surface area (Å²) in [5.41, 5.74) is 0.258. The molecule has 2 saturated heterocycles. The first-order valence-electron chi connectivity index (χ1n) is 20.9. The summed E-state index contributed by atoms with van der Waals surface area (Å²) in [6, 6.07) is 2.72. The van der Waals surface area contributed by atoms with Crippen molar-refractivity contribution in [3.63, 3.8) is 0 Å². The maximum atomic E-state index is 14.2. The van der Waals surface area contributed by atoms with Gasteiger partial charge in [0.05, 0.1) is 23.2 Å². The first kappa shape index (κ1) is 52.3. The van der Waals surface area contributed by atoms with Crippen molar-refractivity contribution in [3.8, 4) is 0 Å². The molecule has 352 valence electrons. The number of esters is 1. The van der Waals surface area contributed by atoms with E-state index in [1.807, 2.05) is 65.0 Å². The Labute approximate surface area is 384 Å². The Morgan fingerprint density at radius 3 is 2.51 bits per heavy atom. The number of nitrogens with zero attached hydrogens (tertiary/aromatic N) is 2. The van der Waals surface area contributed by atoms with Gasteiger partial charge in [-0.05, 0) is 78.0 Å². The van der Waals surface area contributed by atoms with E-state index < -0.39 is 91.5 Å². The Kier molecular flexibility index (Phi) is 17.3. The Balaban J connectivity index is 1.54. The molecule has 1 aromatic carbocycles. The molecule has 63 heavy (non-hydrogen) atoms. The van der Waals surface area contributed by atoms with Crippen molar-refractivity contribution in [2.45, 2.75) is 140 Å². The summed E-state index contributed by atoms with van der Waals surface area (Å²) in [6.45, 7) is 14.5. The van der Waals surface area contributed by atoms with Crippen molar-refractivity contribution in [2.24, 2.45) is 11.8 Å². The first-order chi connectivity index (χ1) is 29.1. The molecular formula is C43H63ClN4O12S3. The number of aliphatic hydroxyl groups is 1. The van der Waals surface area contributed by atoms with Crippen LogP contribution in [-0.2, 0) is 49.9 Å². The van der Waals surface area contributed by atoms with Crippen LogP contribution in [0, 0.1) is 18.8 Å². The number of hydrogen-bond acceptors (Lipinski definition) is 13. The third-order valence-electron chi connectivity index (χ3n) is 12.2. The number of amides is 4. The molecule has 0 radical (unpaired) electrons. The minimum atomic E-state index is -4.58. The van der Waals surface area contributed by atoms with Gasteiger partial charge in [-0.25, -0.2) is 9.59 Å². The van der Waals surface area contributed by atoms with Gasteiger partial charge in [-0.1, -0.05) is 76.9 Å². The van der Waals surface area contributed by atoms with Gasteiger partial charge in [-0.2, -0.15) is 8.42 Å². The number of aryl methyl sites for hydroxylation is 1. The van der Waals surface area contributed by atoms with Gasteiger partial charge in [0, 0.05) is 56.3 Å². The van der Waals surface area contributed by atoms with Crippen LogP contribution in [0.15, 0.2) is 35.9 Å². The van der Waals surface area contributed by atoms with Gasteiger partial charge in [0.1, 0.15) is 29.6 Å². The molecule has 0 saturated carbocycles. The fourth-order valence-electron chi connectivity index (χ4n) is 7.72. The SMILES string of the molecule is CNC(=O)C(CCSSC(C)(C)CCC(=O)N(C)C(C)C(=O)OC1CC(=O)N(C)c2cc(cc(C)c2Cl)C/C(C)=C/C=C/C(C)C2(O)CC(OC(=O)N2)C(C)C2OC12C)S(=O)(=O)O. The van der Waals surface area contributed by atoms with Crippen LogP contribution in [-0.4, -0.2) is 125 Å². The maximum Gasteiger partial charge on any atom is 0.409 e. The molecule has 3 aliphatic heterocycles. The number of carbonyl (C=O) groups is 5. The van der Waals surface area contributed by atoms with E-state index in [1.165, 1.54) is 52.4 Å². The van der Waals surface area contributed by atoms with Gasteiger partial charge in [0.2, 0.25) is 17.7 Å². The van der Waals surface area contributed by atoms with Crippen molar-refractivity contribution < 1.29 is 56.3 Å². The van der Waals surface area contributed by atoms with E-state index in [0.717, 1.165) is 16.7 Å². The predicted molar refractivity (Wildman–Crippen MR) is 245 cm³/mol. The van der Waals surface area contributed by atoms with E-state index in [-0.39, 0.29) is 37.3 Å². The topological polar surface area (TPSA) is 221 Å². The molecule has 0 spiro atoms. The zero-order valence-corrected chi connectivity index (χ0v) is 41.1. The van der Waals surface area contributed by atoms with Crippen LogP contribution in [0.1, 0.15) is 91.7 Å². The van der Waals surface area contributed by atoms with E-state index in [0.29, 0.717) is 23.6 Å². The lowest BCUT2D eigenvalue weighted by molar-refractivity contribution is -0.162. The van der Waals surface area contributed by atoms with Crippen molar-refractivity contribution in [1.82, 2.24) is 15.5 Å². The largest absolute Gasteiger partial charge is 0.457 e. The number of halogens is 1. The number of nitrogens with one attached hydrogen (secondary N) is 2. The Hall–Kier alpha value is -3.33. The average Bonchev–Trinajstić information content (AvgIpc) is 3.90. The zero-order chi connectivity index (χ0) is 47.4. The number of anilines is 1. The number of epoxide rings is 1. The zero-order valence-electron chi connectivity index (χ0n) is 37.9. The number of fused-ring (bicyclic) bond motifs is 5. The van der Waals surface area contributed by atoms with Gasteiger partial charge in [0.15, 0.2) is 5.25 Å². The van der Waals surface area contributed by atoms with Crippen LogP contribution in [0.4, 0.5) is 10.5 Å². The van der Waals surface area contributed by atoms with Crippen molar-refractivity contribution in [2.75, 3.05) is 31.8 Å². The molecular weight excluding hydrogens is 896 g/mol. The minimum Gasteiger partial charge on any atom is -0.457 e. The van der Waals surface area contributed by atoms with E-state index in [9.17, 15) is 42.0 Å². The first-order valence-corrected chi connectivity index (χ1v) is 25.1. The van der Waals surface area contributed by atoms with Crippen LogP contribution in [0.2, 0.25) is 5.02 Å². The molecule has 3 heterocycles. The number of rotatable bonds is 13. The van der Waals surface area contributed by atoms with Gasteiger partial charge < -0.3 is 34.4 Å². The van der Waals surface area contributed by atoms with Gasteiger partial charge >= 0.3 is 12.1 Å². The number of likely N-dealkylation sites (N-methyl/N-ethyl adjacent to an activating group) is 1. The highest BCUT2D eigenvalue weighted by molar-refractivity contribution is 8.77. The Morgan fingerprint density at radius 2 is 1.87 bits per heavy atom. The summed E-state index contributed by atoms with van der Waals surface area (Å²) in [7, 11) is 2.50. The van der Waals surface area contributed by atoms with Crippen LogP contribution in [0.25, 0.3) is 0 Å². The van der Waals surface area contributed by atoms with E-state index in [4.69, 9.17) is 25.8 Å². The molecule has 16 nitrogen and oxygen atoms in total. The predicted octanol–water partition coefficient (Wildman–Crippen LogP) is 5.77. The number of allylic oxidation sites excluding steroid dienone is 3. The second kappa shape index (κ2) is 20.9. The van der Waals surface area contributed by atoms with Gasteiger partial charge in [0.25, 0.3) is 10.1 Å². The highest BCUT2D eigenvalue weighted by Crippen LogP contribution is 2.49. The molecule has 0 aromatic heterocycles. The lowest BCUT2D eigenvalue weighted by Crippen LogP contribution is -2.60. The summed E-state index contributed by atoms with van der Waals surface area (Å²) in [6.07, 6.45) is 2.73. The number of hydrogen-bond donors (Lipinski definition) is 4. The molecule has 20 heteroatoms. The molecule has 1 aromatic rings. The molecule has 4 bridgehead atoms. The highest BCUT2D eigenvalue weighted by Gasteiger charge is 2.64. The normalized spacial score (nSPS) is 29.1. The van der Waals surface area contributed by atoms with Crippen molar-refractivity contribution >= 4 is 78.8 Å². The minimum absolute atomic E-state index is 0.0317. The Bertz CT molecular complexity index is 2090. The molecule has 4 rings (SSSR count). The molecule has 4 N–H and O–H groups in total. The average molecular weight is 960 g/mol. The summed E-state index contributed by atoms with van der Waals surface area (Å²) >= 11 is 6.80. The fourth-order valence-corrected chi connectivity index (χ4v) is 11.6. The van der Waals surface area contributed by atoms with Crippen LogP contribution < -0.4 is 15.5 Å². The molecule has 9 unspecified atom stereocenters. The summed E-state index contributed by atoms with van der Waals surface area (Å²) in [5, 5.41) is 15.4. The molecule has 4 amide bonds. The van der Waals surface area contributed by atoms with Crippen LogP contribution in [0.3, 0.4) is 0 Å². The third-order valence-corrected chi connectivity index (χ3v) is 17.3. The van der Waals surface area contributed by atoms with Gasteiger partial charge in [-0.3, -0.25) is 24.3 Å². The summed E-state index contributed by atoms with van der Waals surface area (Å²) < 4.78 is 50.5. The highest BCUT2D eigenvalue weighted by atomic mass is 35.5. The number of alkyl carbamates (subject to hydrolysis) is 1. The third kappa shape index (κ3) is 13.2. The Morgan fingerprint density at radius 1 is 1.21 bits per heavy atom. The second-order valence-electron chi connectivity index (χ2n) is 17.7. The monoisotopic (exact) mass is 958 g/mol.